The van der Waals surface area contributed by atoms with Crippen molar-refractivity contribution in [1.29, 1.82) is 0 Å². The first-order valence-corrected chi connectivity index (χ1v) is 8.59. The van der Waals surface area contributed by atoms with Gasteiger partial charge in [0.2, 0.25) is 0 Å². The summed E-state index contributed by atoms with van der Waals surface area (Å²) in [6, 6.07) is 14.6. The normalized spacial score (nSPS) is 16.4. The number of guanidine groups is 1. The highest BCUT2D eigenvalue weighted by atomic mass is 16.3. The summed E-state index contributed by atoms with van der Waals surface area (Å²) in [5.41, 5.74) is 1.38. The van der Waals surface area contributed by atoms with Crippen LogP contribution in [-0.2, 0) is 13.0 Å². The molecule has 0 spiro atoms. The summed E-state index contributed by atoms with van der Waals surface area (Å²) in [4.78, 5) is 9.26. The van der Waals surface area contributed by atoms with Gasteiger partial charge in [-0.05, 0) is 17.7 Å². The van der Waals surface area contributed by atoms with Crippen LogP contribution in [-0.4, -0.2) is 55.5 Å². The van der Waals surface area contributed by atoms with E-state index in [-0.39, 0.29) is 0 Å². The fourth-order valence-corrected chi connectivity index (χ4v) is 3.04. The third kappa shape index (κ3) is 4.61. The van der Waals surface area contributed by atoms with E-state index < -0.39 is 0 Å². The van der Waals surface area contributed by atoms with Crippen LogP contribution in [0.25, 0.3) is 0 Å². The summed E-state index contributed by atoms with van der Waals surface area (Å²) in [7, 11) is 1.85. The van der Waals surface area contributed by atoms with Crippen LogP contribution in [0.2, 0.25) is 0 Å². The molecule has 0 unspecified atom stereocenters. The standard InChI is InChI=1S/C19H26N4O/c1-20-19(21-10-9-18-8-5-15-24-18)23-13-11-22(12-14-23)16-17-6-3-2-4-7-17/h2-8,15H,9-14,16H2,1H3,(H,20,21). The molecule has 24 heavy (non-hydrogen) atoms. The number of furan rings is 1. The van der Waals surface area contributed by atoms with Gasteiger partial charge in [0, 0.05) is 52.7 Å². The fraction of sp³-hybridized carbons (Fsp3) is 0.421. The zero-order valence-corrected chi connectivity index (χ0v) is 14.3. The average Bonchev–Trinajstić information content (AvgIpc) is 3.14. The number of piperazine rings is 1. The largest absolute Gasteiger partial charge is 0.469 e. The Hall–Kier alpha value is -2.27. The maximum Gasteiger partial charge on any atom is 0.193 e. The summed E-state index contributed by atoms with van der Waals surface area (Å²) in [5.74, 6) is 1.99. The van der Waals surface area contributed by atoms with Crippen molar-refractivity contribution in [3.8, 4) is 0 Å². The van der Waals surface area contributed by atoms with E-state index in [4.69, 9.17) is 4.42 Å². The molecule has 5 nitrogen and oxygen atoms in total. The van der Waals surface area contributed by atoms with Crippen molar-refractivity contribution >= 4 is 5.96 Å². The van der Waals surface area contributed by atoms with Gasteiger partial charge in [-0.3, -0.25) is 9.89 Å². The molecule has 1 aromatic heterocycles. The molecular weight excluding hydrogens is 300 g/mol. The van der Waals surface area contributed by atoms with Crippen molar-refractivity contribution in [3.63, 3.8) is 0 Å². The Kier molecular flexibility index (Phi) is 5.90. The van der Waals surface area contributed by atoms with Crippen molar-refractivity contribution in [1.82, 2.24) is 15.1 Å². The quantitative estimate of drug-likeness (QED) is 0.676. The molecule has 5 heteroatoms. The second kappa shape index (κ2) is 8.55. The maximum absolute atomic E-state index is 5.36. The molecular formula is C19H26N4O. The molecule has 1 aliphatic heterocycles. The number of benzene rings is 1. The lowest BCUT2D eigenvalue weighted by molar-refractivity contribution is 0.172. The molecule has 1 aromatic carbocycles. The van der Waals surface area contributed by atoms with Gasteiger partial charge in [-0.2, -0.15) is 0 Å². The summed E-state index contributed by atoms with van der Waals surface area (Å²) in [5, 5.41) is 3.44. The number of aliphatic imine (C=N–C) groups is 1. The highest BCUT2D eigenvalue weighted by molar-refractivity contribution is 5.80. The van der Waals surface area contributed by atoms with Crippen molar-refractivity contribution in [2.75, 3.05) is 39.8 Å². The number of nitrogens with one attached hydrogen (secondary N) is 1. The van der Waals surface area contributed by atoms with Gasteiger partial charge in [0.1, 0.15) is 5.76 Å². The van der Waals surface area contributed by atoms with Crippen LogP contribution in [0.3, 0.4) is 0 Å². The molecule has 0 radical (unpaired) electrons. The minimum Gasteiger partial charge on any atom is -0.469 e. The molecule has 2 heterocycles. The SMILES string of the molecule is CN=C(NCCc1ccco1)N1CCN(Cc2ccccc2)CC1. The first kappa shape index (κ1) is 16.6. The van der Waals surface area contributed by atoms with Crippen LogP contribution in [0.15, 0.2) is 58.1 Å². The Morgan fingerprint density at radius 2 is 1.88 bits per heavy atom. The van der Waals surface area contributed by atoms with Crippen LogP contribution in [0.1, 0.15) is 11.3 Å². The van der Waals surface area contributed by atoms with E-state index >= 15 is 0 Å². The first-order chi connectivity index (χ1) is 11.8. The van der Waals surface area contributed by atoms with E-state index in [9.17, 15) is 0 Å². The van der Waals surface area contributed by atoms with Crippen molar-refractivity contribution in [3.05, 3.63) is 60.1 Å². The topological polar surface area (TPSA) is 44.0 Å². The van der Waals surface area contributed by atoms with Crippen molar-refractivity contribution in [2.45, 2.75) is 13.0 Å². The molecule has 1 aliphatic rings. The summed E-state index contributed by atoms with van der Waals surface area (Å²) >= 11 is 0. The van der Waals surface area contributed by atoms with E-state index in [2.05, 4.69) is 50.4 Å². The minimum absolute atomic E-state index is 0.838. The second-order valence-corrected chi connectivity index (χ2v) is 6.05. The van der Waals surface area contributed by atoms with Crippen molar-refractivity contribution in [2.24, 2.45) is 4.99 Å². The Bertz CT molecular complexity index is 616. The van der Waals surface area contributed by atoms with Gasteiger partial charge >= 0.3 is 0 Å². The van der Waals surface area contributed by atoms with Crippen LogP contribution < -0.4 is 5.32 Å². The Labute approximate surface area is 144 Å². The third-order valence-electron chi connectivity index (χ3n) is 4.37. The van der Waals surface area contributed by atoms with Gasteiger partial charge in [-0.25, -0.2) is 0 Å². The monoisotopic (exact) mass is 326 g/mol. The lowest BCUT2D eigenvalue weighted by atomic mass is 10.2. The van der Waals surface area contributed by atoms with Crippen LogP contribution in [0, 0.1) is 0 Å². The second-order valence-electron chi connectivity index (χ2n) is 6.05. The zero-order valence-electron chi connectivity index (χ0n) is 14.3. The Morgan fingerprint density at radius 3 is 2.54 bits per heavy atom. The van der Waals surface area contributed by atoms with Gasteiger partial charge in [-0.1, -0.05) is 30.3 Å². The molecule has 0 atom stereocenters. The predicted octanol–water partition coefficient (Wildman–Crippen LogP) is 2.22. The summed E-state index contributed by atoms with van der Waals surface area (Å²) < 4.78 is 5.36. The van der Waals surface area contributed by atoms with Gasteiger partial charge in [0.15, 0.2) is 5.96 Å². The molecule has 1 saturated heterocycles. The highest BCUT2D eigenvalue weighted by Crippen LogP contribution is 2.08. The Balaban J connectivity index is 1.42. The van der Waals surface area contributed by atoms with Crippen LogP contribution in [0.5, 0.6) is 0 Å². The lowest BCUT2D eigenvalue weighted by Gasteiger charge is -2.36. The van der Waals surface area contributed by atoms with E-state index in [0.717, 1.165) is 57.4 Å². The van der Waals surface area contributed by atoms with Crippen molar-refractivity contribution < 1.29 is 4.42 Å². The fourth-order valence-electron chi connectivity index (χ4n) is 3.04. The third-order valence-corrected chi connectivity index (χ3v) is 4.37. The minimum atomic E-state index is 0.838. The molecule has 0 amide bonds. The van der Waals surface area contributed by atoms with Gasteiger partial charge in [0.05, 0.1) is 6.26 Å². The number of hydrogen-bond acceptors (Lipinski definition) is 3. The summed E-state index contributed by atoms with van der Waals surface area (Å²) in [6.07, 6.45) is 2.59. The van der Waals surface area contributed by atoms with Gasteiger partial charge in [-0.15, -0.1) is 0 Å². The Morgan fingerprint density at radius 1 is 1.08 bits per heavy atom. The summed E-state index contributed by atoms with van der Waals surface area (Å²) in [6.45, 7) is 6.01. The molecule has 0 bridgehead atoms. The van der Waals surface area contributed by atoms with Gasteiger partial charge < -0.3 is 14.6 Å². The molecule has 3 rings (SSSR count). The predicted molar refractivity (Wildman–Crippen MR) is 97.1 cm³/mol. The van der Waals surface area contributed by atoms with Gasteiger partial charge in [0.25, 0.3) is 0 Å². The molecule has 1 N–H and O–H groups in total. The molecule has 0 saturated carbocycles. The van der Waals surface area contributed by atoms with Crippen LogP contribution in [0.4, 0.5) is 0 Å². The van der Waals surface area contributed by atoms with E-state index in [1.54, 1.807) is 6.26 Å². The molecule has 0 aliphatic carbocycles. The first-order valence-electron chi connectivity index (χ1n) is 8.59. The zero-order chi connectivity index (χ0) is 16.6. The molecule has 1 fully saturated rings. The molecule has 128 valence electrons. The number of hydrogen-bond donors (Lipinski definition) is 1. The number of nitrogens with zero attached hydrogens (tertiary/aromatic N) is 3. The van der Waals surface area contributed by atoms with E-state index in [0.29, 0.717) is 0 Å². The van der Waals surface area contributed by atoms with E-state index in [1.165, 1.54) is 5.56 Å². The number of rotatable bonds is 5. The molecule has 2 aromatic rings. The van der Waals surface area contributed by atoms with Crippen LogP contribution >= 0.6 is 0 Å². The lowest BCUT2D eigenvalue weighted by Crippen LogP contribution is -2.52. The maximum atomic E-state index is 5.36. The highest BCUT2D eigenvalue weighted by Gasteiger charge is 2.19. The smallest absolute Gasteiger partial charge is 0.193 e. The van der Waals surface area contributed by atoms with E-state index in [1.807, 2.05) is 19.2 Å². The average molecular weight is 326 g/mol.